The number of benzene rings is 2. The smallest absolute Gasteiger partial charge is 0.339 e. The number of hydrogen-bond acceptors (Lipinski definition) is 3. The summed E-state index contributed by atoms with van der Waals surface area (Å²) in [5.41, 5.74) is 7.00. The van der Waals surface area contributed by atoms with Crippen LogP contribution in [0, 0.1) is 0 Å². The second kappa shape index (κ2) is 8.05. The number of fused-ring (bicyclic) bond motifs is 1. The molecule has 1 heterocycles. The van der Waals surface area contributed by atoms with Crippen LogP contribution in [0.3, 0.4) is 0 Å². The van der Waals surface area contributed by atoms with E-state index in [-0.39, 0.29) is 11.6 Å². The van der Waals surface area contributed by atoms with E-state index in [4.69, 9.17) is 0 Å². The maximum Gasteiger partial charge on any atom is 0.339 e. The number of para-hydroxylation sites is 1. The number of carbonyl (C=O) groups excluding carboxylic acids is 1. The van der Waals surface area contributed by atoms with Gasteiger partial charge in [-0.1, -0.05) is 31.2 Å². The van der Waals surface area contributed by atoms with Gasteiger partial charge in [-0.25, -0.2) is 10.2 Å². The van der Waals surface area contributed by atoms with Gasteiger partial charge in [-0.3, -0.25) is 0 Å². The summed E-state index contributed by atoms with van der Waals surface area (Å²) in [5.74, 6) is 0.475. The Morgan fingerprint density at radius 1 is 1.21 bits per heavy atom. The van der Waals surface area contributed by atoms with Crippen molar-refractivity contribution in [1.29, 1.82) is 0 Å². The Kier molecular flexibility index (Phi) is 5.73. The van der Waals surface area contributed by atoms with Crippen molar-refractivity contribution in [1.82, 2.24) is 5.43 Å². The second-order valence-corrected chi connectivity index (χ2v) is 8.39. The summed E-state index contributed by atoms with van der Waals surface area (Å²) in [6.07, 6.45) is 2.80. The molecule has 2 amide bonds. The van der Waals surface area contributed by atoms with Crippen molar-refractivity contribution in [2.75, 3.05) is 10.2 Å². The second-order valence-electron chi connectivity index (χ2n) is 8.39. The standard InChI is InChI=1S/C23H30N4O/c1-16(2)27-21-12-11-18(13-20(21)17(3)14-23(27,4)5)15-24-26-22(28)25-19-9-7-6-8-10-19/h6-13,15-17H,14H2,1-5H3,(H2,25,26,28)/b24-15+/t17-/m1/s1. The molecule has 0 saturated carbocycles. The van der Waals surface area contributed by atoms with Gasteiger partial charge in [0.2, 0.25) is 0 Å². The monoisotopic (exact) mass is 378 g/mol. The molecule has 0 aliphatic carbocycles. The number of hydrogen-bond donors (Lipinski definition) is 2. The third kappa shape index (κ3) is 4.35. The van der Waals surface area contributed by atoms with Crippen LogP contribution in [0.2, 0.25) is 0 Å². The molecule has 2 N–H and O–H groups in total. The number of carbonyl (C=O) groups is 1. The lowest BCUT2D eigenvalue weighted by Gasteiger charge is -2.50. The number of urea groups is 1. The Morgan fingerprint density at radius 2 is 1.93 bits per heavy atom. The molecule has 1 atom stereocenters. The third-order valence-electron chi connectivity index (χ3n) is 5.23. The first kappa shape index (κ1) is 19.9. The van der Waals surface area contributed by atoms with E-state index < -0.39 is 0 Å². The average molecular weight is 379 g/mol. The molecule has 148 valence electrons. The van der Waals surface area contributed by atoms with Crippen molar-refractivity contribution < 1.29 is 4.79 Å². The number of hydrazone groups is 1. The lowest BCUT2D eigenvalue weighted by molar-refractivity contribution is 0.252. The molecular weight excluding hydrogens is 348 g/mol. The highest BCUT2D eigenvalue weighted by Gasteiger charge is 2.37. The van der Waals surface area contributed by atoms with Crippen molar-refractivity contribution in [2.45, 2.75) is 58.5 Å². The van der Waals surface area contributed by atoms with E-state index in [1.165, 1.54) is 11.3 Å². The molecule has 0 unspecified atom stereocenters. The Hall–Kier alpha value is -2.82. The number of nitrogens with one attached hydrogen (secondary N) is 2. The van der Waals surface area contributed by atoms with E-state index >= 15 is 0 Å². The molecule has 5 heteroatoms. The first-order valence-corrected chi connectivity index (χ1v) is 9.86. The van der Waals surface area contributed by atoms with Crippen LogP contribution >= 0.6 is 0 Å². The average Bonchev–Trinajstić information content (AvgIpc) is 2.62. The fourth-order valence-electron chi connectivity index (χ4n) is 4.37. The first-order valence-electron chi connectivity index (χ1n) is 9.86. The highest BCUT2D eigenvalue weighted by atomic mass is 16.2. The highest BCUT2D eigenvalue weighted by molar-refractivity contribution is 5.90. The van der Waals surface area contributed by atoms with Gasteiger partial charge in [0.15, 0.2) is 0 Å². The summed E-state index contributed by atoms with van der Waals surface area (Å²) in [6, 6.07) is 15.8. The first-order chi connectivity index (χ1) is 13.3. The zero-order valence-electron chi connectivity index (χ0n) is 17.4. The summed E-state index contributed by atoms with van der Waals surface area (Å²) in [5, 5.41) is 6.84. The van der Waals surface area contributed by atoms with E-state index in [0.717, 1.165) is 17.7 Å². The minimum atomic E-state index is -0.360. The Bertz CT molecular complexity index is 858. The van der Waals surface area contributed by atoms with Crippen molar-refractivity contribution >= 4 is 23.6 Å². The van der Waals surface area contributed by atoms with Crippen LogP contribution in [0.4, 0.5) is 16.2 Å². The predicted molar refractivity (Wildman–Crippen MR) is 117 cm³/mol. The molecule has 0 aromatic heterocycles. The maximum absolute atomic E-state index is 11.9. The summed E-state index contributed by atoms with van der Waals surface area (Å²) in [4.78, 5) is 14.4. The van der Waals surface area contributed by atoms with Gasteiger partial charge >= 0.3 is 6.03 Å². The predicted octanol–water partition coefficient (Wildman–Crippen LogP) is 5.34. The molecule has 2 aromatic rings. The molecule has 28 heavy (non-hydrogen) atoms. The van der Waals surface area contributed by atoms with Crippen LogP contribution < -0.4 is 15.6 Å². The van der Waals surface area contributed by atoms with Crippen molar-refractivity contribution in [2.24, 2.45) is 5.10 Å². The third-order valence-corrected chi connectivity index (χ3v) is 5.23. The molecule has 1 aliphatic rings. The Balaban J connectivity index is 1.72. The van der Waals surface area contributed by atoms with Crippen molar-refractivity contribution in [3.8, 4) is 0 Å². The molecule has 1 aliphatic heterocycles. The van der Waals surface area contributed by atoms with Crippen LogP contribution in [0.1, 0.15) is 58.1 Å². The zero-order chi connectivity index (χ0) is 20.3. The SMILES string of the molecule is CC(C)N1c2ccc(/C=N/NC(=O)Nc3ccccc3)cc2[C@H](C)CC1(C)C. The molecule has 0 radical (unpaired) electrons. The molecule has 0 saturated heterocycles. The fraction of sp³-hybridized carbons (Fsp3) is 0.391. The van der Waals surface area contributed by atoms with Gasteiger partial charge in [0.05, 0.1) is 6.21 Å². The van der Waals surface area contributed by atoms with E-state index in [0.29, 0.717) is 12.0 Å². The van der Waals surface area contributed by atoms with Crippen molar-refractivity contribution in [3.05, 3.63) is 59.7 Å². The molecule has 0 spiro atoms. The number of amides is 2. The van der Waals surface area contributed by atoms with E-state index in [2.05, 4.69) is 73.6 Å². The molecule has 3 rings (SSSR count). The normalized spacial score (nSPS) is 18.2. The molecular formula is C23H30N4O. The van der Waals surface area contributed by atoms with Gasteiger partial charge in [-0.15, -0.1) is 0 Å². The lowest BCUT2D eigenvalue weighted by atomic mass is 9.79. The fourth-order valence-corrected chi connectivity index (χ4v) is 4.37. The summed E-state index contributed by atoms with van der Waals surface area (Å²) in [7, 11) is 0. The van der Waals surface area contributed by atoms with Gasteiger partial charge in [0.25, 0.3) is 0 Å². The van der Waals surface area contributed by atoms with Crippen LogP contribution in [0.25, 0.3) is 0 Å². The van der Waals surface area contributed by atoms with Crippen LogP contribution in [-0.4, -0.2) is 23.8 Å². The van der Waals surface area contributed by atoms with Gasteiger partial charge < -0.3 is 10.2 Å². The van der Waals surface area contributed by atoms with Gasteiger partial charge in [-0.05, 0) is 75.4 Å². The molecule has 2 aromatic carbocycles. The van der Waals surface area contributed by atoms with Gasteiger partial charge in [0.1, 0.15) is 0 Å². The van der Waals surface area contributed by atoms with E-state index in [1.54, 1.807) is 6.21 Å². The molecule has 5 nitrogen and oxygen atoms in total. The number of nitrogens with zero attached hydrogens (tertiary/aromatic N) is 2. The van der Waals surface area contributed by atoms with Crippen LogP contribution in [-0.2, 0) is 0 Å². The zero-order valence-corrected chi connectivity index (χ0v) is 17.4. The topological polar surface area (TPSA) is 56.7 Å². The lowest BCUT2D eigenvalue weighted by Crippen LogP contribution is -2.51. The number of anilines is 2. The van der Waals surface area contributed by atoms with Crippen LogP contribution in [0.15, 0.2) is 53.6 Å². The number of rotatable bonds is 4. The minimum absolute atomic E-state index is 0.132. The van der Waals surface area contributed by atoms with Gasteiger partial charge in [-0.2, -0.15) is 5.10 Å². The van der Waals surface area contributed by atoms with Crippen LogP contribution in [0.5, 0.6) is 0 Å². The maximum atomic E-state index is 11.9. The van der Waals surface area contributed by atoms with E-state index in [9.17, 15) is 4.79 Å². The quantitative estimate of drug-likeness (QED) is 0.557. The Labute approximate surface area is 167 Å². The summed E-state index contributed by atoms with van der Waals surface area (Å²) >= 11 is 0. The summed E-state index contributed by atoms with van der Waals surface area (Å²) < 4.78 is 0. The minimum Gasteiger partial charge on any atom is -0.364 e. The van der Waals surface area contributed by atoms with Gasteiger partial charge in [0, 0.05) is 23.0 Å². The van der Waals surface area contributed by atoms with E-state index in [1.807, 2.05) is 30.3 Å². The molecule has 0 bridgehead atoms. The summed E-state index contributed by atoms with van der Waals surface area (Å²) in [6.45, 7) is 11.4. The molecule has 0 fully saturated rings. The Morgan fingerprint density at radius 3 is 2.61 bits per heavy atom. The highest BCUT2D eigenvalue weighted by Crippen LogP contribution is 2.44. The van der Waals surface area contributed by atoms with Crippen molar-refractivity contribution in [3.63, 3.8) is 0 Å². The largest absolute Gasteiger partial charge is 0.364 e.